The molecule has 0 bridgehead atoms. The maximum Gasteiger partial charge on any atom is 0.226 e. The fourth-order valence-corrected chi connectivity index (χ4v) is 2.85. The number of rotatable bonds is 7. The van der Waals surface area contributed by atoms with Gasteiger partial charge in [0.05, 0.1) is 12.8 Å². The van der Waals surface area contributed by atoms with Gasteiger partial charge in [0.1, 0.15) is 5.75 Å². The molecule has 0 radical (unpaired) electrons. The molecule has 0 aliphatic carbocycles. The van der Waals surface area contributed by atoms with E-state index in [0.29, 0.717) is 17.4 Å². The van der Waals surface area contributed by atoms with Gasteiger partial charge < -0.3 is 15.0 Å². The van der Waals surface area contributed by atoms with Crippen molar-refractivity contribution in [1.29, 1.82) is 0 Å². The number of hydrogen-bond donors (Lipinski definition) is 1. The van der Waals surface area contributed by atoms with Crippen molar-refractivity contribution in [2.75, 3.05) is 23.9 Å². The maximum atomic E-state index is 12.3. The highest BCUT2D eigenvalue weighted by atomic mass is 16.5. The Labute approximate surface area is 161 Å². The van der Waals surface area contributed by atoms with Crippen molar-refractivity contribution in [3.63, 3.8) is 0 Å². The number of carbonyl (C=O) groups excluding carboxylic acids is 2. The van der Waals surface area contributed by atoms with Crippen LogP contribution in [0.15, 0.2) is 42.5 Å². The van der Waals surface area contributed by atoms with Crippen molar-refractivity contribution in [3.05, 3.63) is 53.6 Å². The minimum atomic E-state index is -0.134. The van der Waals surface area contributed by atoms with Crippen molar-refractivity contribution < 1.29 is 14.3 Å². The third-order valence-corrected chi connectivity index (χ3v) is 4.43. The van der Waals surface area contributed by atoms with Crippen LogP contribution in [0, 0.1) is 6.92 Å². The summed E-state index contributed by atoms with van der Waals surface area (Å²) in [5.74, 6) is 0.793. The highest BCUT2D eigenvalue weighted by molar-refractivity contribution is 5.95. The van der Waals surface area contributed by atoms with Crippen LogP contribution in [0.25, 0.3) is 0 Å². The lowest BCUT2D eigenvalue weighted by Crippen LogP contribution is -2.32. The fourth-order valence-electron chi connectivity index (χ4n) is 2.85. The number of ether oxygens (including phenoxy) is 1. The van der Waals surface area contributed by atoms with E-state index in [4.69, 9.17) is 4.74 Å². The number of amides is 2. The molecule has 0 fully saturated rings. The number of hydrogen-bond acceptors (Lipinski definition) is 3. The molecule has 0 saturated heterocycles. The topological polar surface area (TPSA) is 58.6 Å². The lowest BCUT2D eigenvalue weighted by molar-refractivity contribution is -0.117. The Morgan fingerprint density at radius 3 is 2.33 bits per heavy atom. The van der Waals surface area contributed by atoms with E-state index in [9.17, 15) is 9.59 Å². The van der Waals surface area contributed by atoms with E-state index in [0.717, 1.165) is 11.3 Å². The van der Waals surface area contributed by atoms with Crippen LogP contribution in [0.2, 0.25) is 0 Å². The molecule has 2 rings (SSSR count). The van der Waals surface area contributed by atoms with Gasteiger partial charge in [-0.05, 0) is 48.2 Å². The second-order valence-electron chi connectivity index (χ2n) is 6.92. The molecule has 0 aliphatic heterocycles. The quantitative estimate of drug-likeness (QED) is 0.782. The molecular weight excluding hydrogens is 340 g/mol. The van der Waals surface area contributed by atoms with Gasteiger partial charge in [-0.3, -0.25) is 9.59 Å². The van der Waals surface area contributed by atoms with Gasteiger partial charge >= 0.3 is 0 Å². The summed E-state index contributed by atoms with van der Waals surface area (Å²) >= 11 is 0. The molecular formula is C22H28N2O3. The minimum absolute atomic E-state index is 0.131. The molecule has 5 nitrogen and oxygen atoms in total. The Hall–Kier alpha value is -2.82. The first-order valence-electron chi connectivity index (χ1n) is 9.14. The summed E-state index contributed by atoms with van der Waals surface area (Å²) in [5.41, 5.74) is 3.68. The standard InChI is InChI=1S/C22H28N2O3/c1-15(2)18-7-9-19(10-8-18)23-22(26)12-13-24(17(4)25)20-14-16(3)6-11-21(20)27-5/h6-11,14-15H,12-13H2,1-5H3,(H,23,26). The Morgan fingerprint density at radius 1 is 1.11 bits per heavy atom. The van der Waals surface area contributed by atoms with Gasteiger partial charge in [-0.15, -0.1) is 0 Å². The second kappa shape index (κ2) is 9.21. The van der Waals surface area contributed by atoms with Gasteiger partial charge in [0.2, 0.25) is 11.8 Å². The average molecular weight is 368 g/mol. The van der Waals surface area contributed by atoms with Crippen molar-refractivity contribution in [2.24, 2.45) is 0 Å². The van der Waals surface area contributed by atoms with Gasteiger partial charge in [-0.2, -0.15) is 0 Å². The molecule has 2 amide bonds. The Morgan fingerprint density at radius 2 is 1.78 bits per heavy atom. The molecule has 5 heteroatoms. The van der Waals surface area contributed by atoms with Crippen LogP contribution in [-0.4, -0.2) is 25.5 Å². The maximum absolute atomic E-state index is 12.3. The van der Waals surface area contributed by atoms with E-state index in [2.05, 4.69) is 19.2 Å². The summed E-state index contributed by atoms with van der Waals surface area (Å²) in [7, 11) is 1.57. The highest BCUT2D eigenvalue weighted by Crippen LogP contribution is 2.29. The molecule has 0 spiro atoms. The zero-order valence-electron chi connectivity index (χ0n) is 16.7. The Bertz CT molecular complexity index is 798. The number of methoxy groups -OCH3 is 1. The monoisotopic (exact) mass is 368 g/mol. The van der Waals surface area contributed by atoms with Crippen LogP contribution in [-0.2, 0) is 9.59 Å². The summed E-state index contributed by atoms with van der Waals surface area (Å²) < 4.78 is 5.37. The summed E-state index contributed by atoms with van der Waals surface area (Å²) in [6, 6.07) is 13.5. The number of nitrogens with zero attached hydrogens (tertiary/aromatic N) is 1. The SMILES string of the molecule is COc1ccc(C)cc1N(CCC(=O)Nc1ccc(C(C)C)cc1)C(C)=O. The lowest BCUT2D eigenvalue weighted by Gasteiger charge is -2.23. The van der Waals surface area contributed by atoms with Crippen LogP contribution in [0.1, 0.15) is 44.2 Å². The third-order valence-electron chi connectivity index (χ3n) is 4.43. The van der Waals surface area contributed by atoms with E-state index in [-0.39, 0.29) is 24.8 Å². The fraction of sp³-hybridized carbons (Fsp3) is 0.364. The minimum Gasteiger partial charge on any atom is -0.495 e. The van der Waals surface area contributed by atoms with Crippen molar-refractivity contribution >= 4 is 23.2 Å². The van der Waals surface area contributed by atoms with E-state index in [1.54, 1.807) is 12.0 Å². The van der Waals surface area contributed by atoms with Gasteiger partial charge in [0.15, 0.2) is 0 Å². The predicted octanol–water partition coefficient (Wildman–Crippen LogP) is 4.51. The summed E-state index contributed by atoms with van der Waals surface area (Å²) in [4.78, 5) is 26.0. The first-order valence-corrected chi connectivity index (χ1v) is 9.14. The first-order chi connectivity index (χ1) is 12.8. The molecule has 2 aromatic carbocycles. The number of nitrogens with one attached hydrogen (secondary N) is 1. The van der Waals surface area contributed by atoms with Crippen LogP contribution in [0.4, 0.5) is 11.4 Å². The number of carbonyl (C=O) groups is 2. The van der Waals surface area contributed by atoms with Crippen LogP contribution in [0.3, 0.4) is 0 Å². The molecule has 0 aromatic heterocycles. The highest BCUT2D eigenvalue weighted by Gasteiger charge is 2.18. The van der Waals surface area contributed by atoms with Crippen molar-refractivity contribution in [1.82, 2.24) is 0 Å². The molecule has 27 heavy (non-hydrogen) atoms. The first kappa shape index (κ1) is 20.5. The normalized spacial score (nSPS) is 10.6. The smallest absolute Gasteiger partial charge is 0.226 e. The van der Waals surface area contributed by atoms with Gasteiger partial charge in [-0.1, -0.05) is 32.0 Å². The molecule has 0 unspecified atom stereocenters. The molecule has 0 atom stereocenters. The van der Waals surface area contributed by atoms with E-state index < -0.39 is 0 Å². The zero-order valence-corrected chi connectivity index (χ0v) is 16.7. The van der Waals surface area contributed by atoms with E-state index in [1.807, 2.05) is 49.4 Å². The van der Waals surface area contributed by atoms with Crippen molar-refractivity contribution in [2.45, 2.75) is 40.0 Å². The Balaban J connectivity index is 2.04. The van der Waals surface area contributed by atoms with E-state index >= 15 is 0 Å². The number of aryl methyl sites for hydroxylation is 1. The number of benzene rings is 2. The summed E-state index contributed by atoms with van der Waals surface area (Å²) in [5, 5.41) is 2.89. The molecule has 0 heterocycles. The predicted molar refractivity (Wildman–Crippen MR) is 110 cm³/mol. The second-order valence-corrected chi connectivity index (χ2v) is 6.92. The largest absolute Gasteiger partial charge is 0.495 e. The van der Waals surface area contributed by atoms with Crippen LogP contribution >= 0.6 is 0 Å². The van der Waals surface area contributed by atoms with Crippen molar-refractivity contribution in [3.8, 4) is 5.75 Å². The molecule has 0 aliphatic rings. The van der Waals surface area contributed by atoms with E-state index in [1.165, 1.54) is 12.5 Å². The zero-order chi connectivity index (χ0) is 20.0. The summed E-state index contributed by atoms with van der Waals surface area (Å²) in [6.07, 6.45) is 0.197. The van der Waals surface area contributed by atoms with Gasteiger partial charge in [0.25, 0.3) is 0 Å². The van der Waals surface area contributed by atoms with Gasteiger partial charge in [0, 0.05) is 25.6 Å². The number of anilines is 2. The molecule has 2 aromatic rings. The molecule has 0 saturated carbocycles. The van der Waals surface area contributed by atoms with Crippen LogP contribution in [0.5, 0.6) is 5.75 Å². The van der Waals surface area contributed by atoms with Crippen LogP contribution < -0.4 is 15.0 Å². The van der Waals surface area contributed by atoms with Gasteiger partial charge in [-0.25, -0.2) is 0 Å². The lowest BCUT2D eigenvalue weighted by atomic mass is 10.0. The Kier molecular flexibility index (Phi) is 6.99. The molecule has 144 valence electrons. The summed E-state index contributed by atoms with van der Waals surface area (Å²) in [6.45, 7) is 7.98. The molecule has 1 N–H and O–H groups in total. The third kappa shape index (κ3) is 5.58. The average Bonchev–Trinajstić information content (AvgIpc) is 2.62.